The Kier molecular flexibility index (Phi) is 4.83. The molecule has 0 radical (unpaired) electrons. The van der Waals surface area contributed by atoms with Gasteiger partial charge >= 0.3 is 110 Å². The van der Waals surface area contributed by atoms with Crippen molar-refractivity contribution in [3.05, 3.63) is 18.2 Å². The summed E-state index contributed by atoms with van der Waals surface area (Å²) >= 11 is -0.0991. The summed E-state index contributed by atoms with van der Waals surface area (Å²) in [5, 5.41) is 2.77. The van der Waals surface area contributed by atoms with Crippen LogP contribution in [-0.2, 0) is 14.3 Å². The predicted octanol–water partition coefficient (Wildman–Crippen LogP) is 1.64. The van der Waals surface area contributed by atoms with Crippen molar-refractivity contribution in [3.8, 4) is 0 Å². The summed E-state index contributed by atoms with van der Waals surface area (Å²) in [6.07, 6.45) is 0. The first kappa shape index (κ1) is 13.2. The summed E-state index contributed by atoms with van der Waals surface area (Å²) in [5.74, 6) is -0.200. The number of nitrogens with zero attached hydrogens (tertiary/aromatic N) is 2. The second kappa shape index (κ2) is 6.61. The fraction of sp³-hybridized carbons (Fsp3) is 0.364. The summed E-state index contributed by atoms with van der Waals surface area (Å²) in [6.45, 7) is 0.889. The van der Waals surface area contributed by atoms with Crippen molar-refractivity contribution in [2.45, 2.75) is 0 Å². The standard InChI is InChI=1S/C11H13N3O3Se/c1-16-5-6-17-7-10(15)12-8-3-2-4-9-11(8)14-18-13-9/h2-4H,5-7H2,1H3,(H,12,15). The van der Waals surface area contributed by atoms with Crippen molar-refractivity contribution >= 4 is 37.5 Å². The van der Waals surface area contributed by atoms with E-state index in [1.165, 1.54) is 0 Å². The Morgan fingerprint density at radius 1 is 1.39 bits per heavy atom. The number of carbonyl (C=O) groups excluding carboxylic acids is 1. The number of hydrogen-bond acceptors (Lipinski definition) is 5. The average molecular weight is 314 g/mol. The van der Waals surface area contributed by atoms with Gasteiger partial charge in [-0.2, -0.15) is 0 Å². The van der Waals surface area contributed by atoms with E-state index in [0.29, 0.717) is 18.9 Å². The number of amides is 1. The second-order valence-electron chi connectivity index (χ2n) is 3.53. The van der Waals surface area contributed by atoms with Gasteiger partial charge in [0.2, 0.25) is 0 Å². The quantitative estimate of drug-likeness (QED) is 0.651. The van der Waals surface area contributed by atoms with E-state index in [2.05, 4.69) is 13.2 Å². The number of nitrogens with one attached hydrogen (secondary N) is 1. The molecule has 1 aromatic rings. The van der Waals surface area contributed by atoms with Crippen molar-refractivity contribution in [2.24, 2.45) is 7.92 Å². The number of fused-ring (bicyclic) bond motifs is 1. The molecule has 1 heterocycles. The SMILES string of the molecule is COCCOCC(=O)Nc1cccc2c1N=[Se]=N2. The Bertz CT molecular complexity index is 512. The molecule has 0 aromatic heterocycles. The zero-order valence-electron chi connectivity index (χ0n) is 9.88. The zero-order chi connectivity index (χ0) is 12.8. The average Bonchev–Trinajstić information content (AvgIpc) is 2.84. The number of carbonyl (C=O) groups is 1. The van der Waals surface area contributed by atoms with Crippen LogP contribution >= 0.6 is 0 Å². The van der Waals surface area contributed by atoms with Gasteiger partial charge in [-0.1, -0.05) is 0 Å². The Labute approximate surface area is 110 Å². The molecule has 1 amide bonds. The van der Waals surface area contributed by atoms with Gasteiger partial charge in [0, 0.05) is 0 Å². The van der Waals surface area contributed by atoms with Crippen molar-refractivity contribution in [3.63, 3.8) is 0 Å². The van der Waals surface area contributed by atoms with E-state index in [9.17, 15) is 4.79 Å². The molecule has 1 aliphatic heterocycles. The van der Waals surface area contributed by atoms with Crippen molar-refractivity contribution in [1.29, 1.82) is 0 Å². The van der Waals surface area contributed by atoms with Gasteiger partial charge in [-0.25, -0.2) is 0 Å². The first-order valence-corrected chi connectivity index (χ1v) is 6.92. The van der Waals surface area contributed by atoms with E-state index in [4.69, 9.17) is 9.47 Å². The molecular formula is C11H13N3O3Se. The Morgan fingerprint density at radius 3 is 3.11 bits per heavy atom. The maximum absolute atomic E-state index is 11.6. The number of hydrogen-bond donors (Lipinski definition) is 1. The summed E-state index contributed by atoms with van der Waals surface area (Å²) in [4.78, 5) is 11.6. The summed E-state index contributed by atoms with van der Waals surface area (Å²) in [5.41, 5.74) is 2.30. The van der Waals surface area contributed by atoms with E-state index in [0.717, 1.165) is 11.4 Å². The van der Waals surface area contributed by atoms with Gasteiger partial charge in [-0.3, -0.25) is 0 Å². The molecule has 1 aliphatic rings. The molecule has 0 unspecified atom stereocenters. The minimum atomic E-state index is -0.200. The molecule has 96 valence electrons. The van der Waals surface area contributed by atoms with Crippen LogP contribution in [0.1, 0.15) is 0 Å². The Morgan fingerprint density at radius 2 is 2.28 bits per heavy atom. The molecule has 2 rings (SSSR count). The van der Waals surface area contributed by atoms with Gasteiger partial charge in [0.05, 0.1) is 0 Å². The monoisotopic (exact) mass is 315 g/mol. The molecule has 0 aliphatic carbocycles. The molecule has 0 bridgehead atoms. The van der Waals surface area contributed by atoms with Crippen LogP contribution in [0.5, 0.6) is 0 Å². The Balaban J connectivity index is 1.88. The third-order valence-electron chi connectivity index (χ3n) is 2.23. The number of anilines is 1. The van der Waals surface area contributed by atoms with Crippen LogP contribution < -0.4 is 5.32 Å². The van der Waals surface area contributed by atoms with Crippen LogP contribution in [-0.4, -0.2) is 47.4 Å². The molecule has 18 heavy (non-hydrogen) atoms. The fourth-order valence-corrected chi connectivity index (χ4v) is 2.55. The molecule has 7 heteroatoms. The van der Waals surface area contributed by atoms with Gasteiger partial charge in [0.1, 0.15) is 0 Å². The van der Waals surface area contributed by atoms with Gasteiger partial charge in [-0.05, 0) is 0 Å². The normalized spacial score (nSPS) is 12.1. The fourth-order valence-electron chi connectivity index (χ4n) is 1.40. The van der Waals surface area contributed by atoms with E-state index in [1.807, 2.05) is 18.2 Å². The van der Waals surface area contributed by atoms with Crippen LogP contribution in [0.4, 0.5) is 17.1 Å². The minimum absolute atomic E-state index is 0.00924. The van der Waals surface area contributed by atoms with E-state index in [-0.39, 0.29) is 27.1 Å². The van der Waals surface area contributed by atoms with Gasteiger partial charge in [-0.15, -0.1) is 0 Å². The van der Waals surface area contributed by atoms with Crippen LogP contribution in [0.15, 0.2) is 26.1 Å². The van der Waals surface area contributed by atoms with Crippen LogP contribution in [0.3, 0.4) is 0 Å². The third kappa shape index (κ3) is 3.36. The molecular weight excluding hydrogens is 301 g/mol. The van der Waals surface area contributed by atoms with E-state index in [1.54, 1.807) is 7.11 Å². The van der Waals surface area contributed by atoms with E-state index >= 15 is 0 Å². The van der Waals surface area contributed by atoms with Crippen molar-refractivity contribution in [2.75, 3.05) is 32.2 Å². The van der Waals surface area contributed by atoms with Crippen LogP contribution in [0, 0.1) is 0 Å². The Hall–Kier alpha value is -1.27. The first-order valence-electron chi connectivity index (χ1n) is 5.39. The molecule has 0 saturated heterocycles. The molecule has 1 aromatic carbocycles. The third-order valence-corrected chi connectivity index (χ3v) is 3.36. The number of methoxy groups -OCH3 is 1. The molecule has 6 nitrogen and oxygen atoms in total. The van der Waals surface area contributed by atoms with Gasteiger partial charge in [0.15, 0.2) is 0 Å². The molecule has 0 saturated carbocycles. The van der Waals surface area contributed by atoms with Crippen LogP contribution in [0.25, 0.3) is 0 Å². The summed E-state index contributed by atoms with van der Waals surface area (Å²) < 4.78 is 18.5. The van der Waals surface area contributed by atoms with E-state index < -0.39 is 0 Å². The second-order valence-corrected chi connectivity index (χ2v) is 4.64. The summed E-state index contributed by atoms with van der Waals surface area (Å²) in [7, 11) is 1.59. The van der Waals surface area contributed by atoms with Crippen LogP contribution in [0.2, 0.25) is 0 Å². The number of rotatable bonds is 6. The molecule has 0 atom stereocenters. The topological polar surface area (TPSA) is 72.3 Å². The van der Waals surface area contributed by atoms with Crippen molar-refractivity contribution < 1.29 is 14.3 Å². The maximum atomic E-state index is 11.6. The zero-order valence-corrected chi connectivity index (χ0v) is 11.6. The first-order chi connectivity index (χ1) is 8.81. The van der Waals surface area contributed by atoms with Crippen molar-refractivity contribution in [1.82, 2.24) is 0 Å². The molecule has 0 fully saturated rings. The molecule has 0 spiro atoms. The van der Waals surface area contributed by atoms with Gasteiger partial charge in [0.25, 0.3) is 0 Å². The summed E-state index contributed by atoms with van der Waals surface area (Å²) in [6, 6.07) is 5.55. The number of ether oxygens (including phenoxy) is 2. The van der Waals surface area contributed by atoms with Gasteiger partial charge < -0.3 is 0 Å². The molecule has 1 N–H and O–H groups in total. The predicted molar refractivity (Wildman–Crippen MR) is 67.7 cm³/mol. The number of benzene rings is 1.